The average Bonchev–Trinajstić information content (AvgIpc) is 2.66. The summed E-state index contributed by atoms with van der Waals surface area (Å²) >= 11 is 0. The van der Waals surface area contributed by atoms with Crippen LogP contribution >= 0.6 is 0 Å². The first kappa shape index (κ1) is 11.6. The van der Waals surface area contributed by atoms with Crippen LogP contribution in [-0.4, -0.2) is 16.0 Å². The normalized spacial score (nSPS) is 12.6. The first-order valence-corrected chi connectivity index (χ1v) is 5.63. The highest BCUT2D eigenvalue weighted by atomic mass is 16.1. The molecule has 0 saturated carbocycles. The van der Waals surface area contributed by atoms with E-state index in [9.17, 15) is 9.59 Å². The predicted molar refractivity (Wildman–Crippen MR) is 66.5 cm³/mol. The van der Waals surface area contributed by atoms with Crippen LogP contribution in [0, 0.1) is 0 Å². The molecule has 0 aromatic carbocycles. The van der Waals surface area contributed by atoms with Crippen LogP contribution in [0.5, 0.6) is 0 Å². The van der Waals surface area contributed by atoms with Gasteiger partial charge in [-0.3, -0.25) is 9.59 Å². The maximum Gasteiger partial charge on any atom is 0.162 e. The number of aromatic nitrogens is 1. The fourth-order valence-corrected chi connectivity index (χ4v) is 2.07. The van der Waals surface area contributed by atoms with Crippen molar-refractivity contribution in [1.29, 1.82) is 0 Å². The van der Waals surface area contributed by atoms with E-state index in [0.717, 1.165) is 11.1 Å². The van der Waals surface area contributed by atoms with Crippen LogP contribution < -0.4 is 0 Å². The number of carbonyl (C=O) groups is 2. The highest BCUT2D eigenvalue weighted by Gasteiger charge is 2.21. The zero-order chi connectivity index (χ0) is 12.6. The van der Waals surface area contributed by atoms with Gasteiger partial charge in [-0.1, -0.05) is 13.0 Å². The number of hydrogen-bond donors (Lipinski definition) is 0. The van der Waals surface area contributed by atoms with E-state index >= 15 is 0 Å². The smallest absolute Gasteiger partial charge is 0.162 e. The van der Waals surface area contributed by atoms with Gasteiger partial charge in [0, 0.05) is 23.9 Å². The molecule has 0 radical (unpaired) electrons. The van der Waals surface area contributed by atoms with Crippen molar-refractivity contribution in [2.45, 2.75) is 26.7 Å². The topological polar surface area (TPSA) is 38.5 Å². The van der Waals surface area contributed by atoms with Crippen molar-refractivity contribution in [3.8, 4) is 0 Å². The summed E-state index contributed by atoms with van der Waals surface area (Å²) in [6, 6.07) is 5.69. The molecule has 3 heteroatoms. The van der Waals surface area contributed by atoms with E-state index < -0.39 is 0 Å². The summed E-state index contributed by atoms with van der Waals surface area (Å²) in [5.41, 5.74) is 2.34. The third-order valence-electron chi connectivity index (χ3n) is 3.14. The molecule has 0 aliphatic heterocycles. The molecule has 0 bridgehead atoms. The number of hydrogen-bond acceptors (Lipinski definition) is 2. The van der Waals surface area contributed by atoms with Gasteiger partial charge < -0.3 is 4.40 Å². The first-order valence-electron chi connectivity index (χ1n) is 5.63. The van der Waals surface area contributed by atoms with E-state index in [1.807, 2.05) is 41.9 Å². The standard InChI is InChI=1S/C14H15NO2/c1-9(10(2)16)12-8-15-7-5-4-6-13(15)14(12)11(3)17/h4-9H,1-3H3. The number of ketones is 2. The summed E-state index contributed by atoms with van der Waals surface area (Å²) in [5, 5.41) is 0. The van der Waals surface area contributed by atoms with Crippen LogP contribution in [0.1, 0.15) is 42.6 Å². The molecule has 1 unspecified atom stereocenters. The second-order valence-corrected chi connectivity index (χ2v) is 4.34. The van der Waals surface area contributed by atoms with Gasteiger partial charge in [0.05, 0.1) is 5.52 Å². The van der Waals surface area contributed by atoms with Gasteiger partial charge in [-0.05, 0) is 31.5 Å². The van der Waals surface area contributed by atoms with Crippen molar-refractivity contribution in [3.05, 3.63) is 41.7 Å². The fraction of sp³-hybridized carbons (Fsp3) is 0.286. The zero-order valence-electron chi connectivity index (χ0n) is 10.2. The Morgan fingerprint density at radius 3 is 2.53 bits per heavy atom. The minimum absolute atomic E-state index is 0.00167. The summed E-state index contributed by atoms with van der Waals surface area (Å²) < 4.78 is 1.89. The van der Waals surface area contributed by atoms with Gasteiger partial charge in [0.25, 0.3) is 0 Å². The lowest BCUT2D eigenvalue weighted by atomic mass is 9.94. The van der Waals surface area contributed by atoms with Gasteiger partial charge in [0.2, 0.25) is 0 Å². The molecule has 88 valence electrons. The maximum atomic E-state index is 11.7. The molecule has 0 aliphatic carbocycles. The lowest BCUT2D eigenvalue weighted by Gasteiger charge is -2.06. The SMILES string of the molecule is CC(=O)c1c(C(C)C(C)=O)cn2ccccc12. The predicted octanol–water partition coefficient (Wildman–Crippen LogP) is 2.83. The van der Waals surface area contributed by atoms with Gasteiger partial charge in [-0.25, -0.2) is 0 Å². The Bertz CT molecular complexity index is 595. The average molecular weight is 229 g/mol. The maximum absolute atomic E-state index is 11.7. The van der Waals surface area contributed by atoms with Crippen LogP contribution in [0.25, 0.3) is 5.52 Å². The lowest BCUT2D eigenvalue weighted by Crippen LogP contribution is -2.07. The van der Waals surface area contributed by atoms with Gasteiger partial charge >= 0.3 is 0 Å². The molecule has 0 aliphatic rings. The Kier molecular flexibility index (Phi) is 2.84. The molecular weight excluding hydrogens is 214 g/mol. The summed E-state index contributed by atoms with van der Waals surface area (Å²) in [5.74, 6) is -0.168. The molecule has 0 N–H and O–H groups in total. The van der Waals surface area contributed by atoms with E-state index in [2.05, 4.69) is 0 Å². The molecule has 0 saturated heterocycles. The Morgan fingerprint density at radius 2 is 1.94 bits per heavy atom. The van der Waals surface area contributed by atoms with Crippen LogP contribution in [0.2, 0.25) is 0 Å². The second kappa shape index (κ2) is 4.17. The summed E-state index contributed by atoms with van der Waals surface area (Å²) in [4.78, 5) is 23.2. The van der Waals surface area contributed by atoms with Crippen molar-refractivity contribution in [1.82, 2.24) is 4.40 Å². The minimum Gasteiger partial charge on any atom is -0.323 e. The Hall–Kier alpha value is -1.90. The Balaban J connectivity index is 2.74. The van der Waals surface area contributed by atoms with Gasteiger partial charge in [-0.2, -0.15) is 0 Å². The van der Waals surface area contributed by atoms with Crippen molar-refractivity contribution in [2.24, 2.45) is 0 Å². The molecule has 2 rings (SSSR count). The number of rotatable bonds is 3. The third kappa shape index (κ3) is 1.88. The van der Waals surface area contributed by atoms with Crippen molar-refractivity contribution < 1.29 is 9.59 Å². The quantitative estimate of drug-likeness (QED) is 0.759. The van der Waals surface area contributed by atoms with E-state index in [-0.39, 0.29) is 17.5 Å². The molecule has 0 amide bonds. The summed E-state index contributed by atoms with van der Waals surface area (Å²) in [6.07, 6.45) is 3.76. The van der Waals surface area contributed by atoms with Crippen LogP contribution in [0.4, 0.5) is 0 Å². The van der Waals surface area contributed by atoms with Crippen molar-refractivity contribution in [3.63, 3.8) is 0 Å². The summed E-state index contributed by atoms with van der Waals surface area (Å²) in [6.45, 7) is 4.93. The van der Waals surface area contributed by atoms with Crippen LogP contribution in [-0.2, 0) is 4.79 Å². The van der Waals surface area contributed by atoms with Crippen LogP contribution in [0.15, 0.2) is 30.6 Å². The van der Waals surface area contributed by atoms with Gasteiger partial charge in [0.15, 0.2) is 5.78 Å². The minimum atomic E-state index is -0.242. The van der Waals surface area contributed by atoms with Crippen molar-refractivity contribution >= 4 is 17.1 Å². The molecule has 2 heterocycles. The van der Waals surface area contributed by atoms with Gasteiger partial charge in [0.1, 0.15) is 5.78 Å². The van der Waals surface area contributed by atoms with E-state index in [4.69, 9.17) is 0 Å². The molecular formula is C14H15NO2. The number of carbonyl (C=O) groups excluding carboxylic acids is 2. The van der Waals surface area contributed by atoms with Gasteiger partial charge in [-0.15, -0.1) is 0 Å². The van der Waals surface area contributed by atoms with E-state index in [0.29, 0.717) is 5.56 Å². The second-order valence-electron chi connectivity index (χ2n) is 4.34. The zero-order valence-corrected chi connectivity index (χ0v) is 10.2. The largest absolute Gasteiger partial charge is 0.323 e. The molecule has 2 aromatic heterocycles. The van der Waals surface area contributed by atoms with Crippen molar-refractivity contribution in [2.75, 3.05) is 0 Å². The number of Topliss-reactive ketones (excluding diaryl/α,β-unsaturated/α-hetero) is 2. The molecule has 17 heavy (non-hydrogen) atoms. The monoisotopic (exact) mass is 229 g/mol. The van der Waals surface area contributed by atoms with E-state index in [1.54, 1.807) is 13.8 Å². The molecule has 1 atom stereocenters. The molecule has 2 aromatic rings. The fourth-order valence-electron chi connectivity index (χ4n) is 2.07. The number of fused-ring (bicyclic) bond motifs is 1. The number of nitrogens with zero attached hydrogens (tertiary/aromatic N) is 1. The van der Waals surface area contributed by atoms with E-state index in [1.165, 1.54) is 0 Å². The molecule has 3 nitrogen and oxygen atoms in total. The molecule has 0 spiro atoms. The third-order valence-corrected chi connectivity index (χ3v) is 3.14. The molecule has 0 fully saturated rings. The lowest BCUT2D eigenvalue weighted by molar-refractivity contribution is -0.118. The Morgan fingerprint density at radius 1 is 1.24 bits per heavy atom. The number of pyridine rings is 1. The highest BCUT2D eigenvalue weighted by Crippen LogP contribution is 2.26. The Labute approximate surface area is 100 Å². The summed E-state index contributed by atoms with van der Waals surface area (Å²) in [7, 11) is 0. The highest BCUT2D eigenvalue weighted by molar-refractivity contribution is 6.04. The first-order chi connectivity index (χ1) is 8.02. The van der Waals surface area contributed by atoms with Crippen LogP contribution in [0.3, 0.4) is 0 Å².